The summed E-state index contributed by atoms with van der Waals surface area (Å²) in [7, 11) is 0. The van der Waals surface area contributed by atoms with Gasteiger partial charge in [-0.25, -0.2) is 0 Å². The number of amidine groups is 1. The second kappa shape index (κ2) is 9.38. The van der Waals surface area contributed by atoms with Crippen LogP contribution in [0.3, 0.4) is 0 Å². The van der Waals surface area contributed by atoms with Crippen LogP contribution in [0.1, 0.15) is 77.6 Å². The summed E-state index contributed by atoms with van der Waals surface area (Å²) < 4.78 is 6.18. The fraction of sp³-hybridized carbons (Fsp3) is 0.941. The summed E-state index contributed by atoms with van der Waals surface area (Å²) in [5, 5.41) is 0. The van der Waals surface area contributed by atoms with E-state index in [1.807, 2.05) is 0 Å². The van der Waals surface area contributed by atoms with E-state index in [4.69, 9.17) is 9.73 Å². The Hall–Kier alpha value is -0.570. The van der Waals surface area contributed by atoms with Gasteiger partial charge < -0.3 is 9.64 Å². The molecule has 2 aliphatic rings. The lowest BCUT2D eigenvalue weighted by atomic mass is 10.1. The molecule has 20 heavy (non-hydrogen) atoms. The third kappa shape index (κ3) is 5.08. The molecule has 0 saturated carbocycles. The molecule has 116 valence electrons. The van der Waals surface area contributed by atoms with Crippen LogP contribution in [0.15, 0.2) is 4.99 Å². The zero-order valence-electron chi connectivity index (χ0n) is 13.3. The molecule has 1 saturated heterocycles. The SMILES string of the molecule is CCCCCCCCOC1CCCCC2=NCCCN21. The van der Waals surface area contributed by atoms with Crippen molar-refractivity contribution in [3.05, 3.63) is 0 Å². The van der Waals surface area contributed by atoms with Gasteiger partial charge in [0.2, 0.25) is 0 Å². The van der Waals surface area contributed by atoms with E-state index in [-0.39, 0.29) is 0 Å². The summed E-state index contributed by atoms with van der Waals surface area (Å²) in [5.41, 5.74) is 0. The number of aliphatic imine (C=N–C) groups is 1. The van der Waals surface area contributed by atoms with Crippen molar-refractivity contribution >= 4 is 5.84 Å². The lowest BCUT2D eigenvalue weighted by molar-refractivity contribution is -0.0334. The maximum Gasteiger partial charge on any atom is 0.130 e. The van der Waals surface area contributed by atoms with Gasteiger partial charge in [-0.2, -0.15) is 0 Å². The molecule has 1 fully saturated rings. The second-order valence-corrected chi connectivity index (χ2v) is 6.18. The molecule has 3 heteroatoms. The fourth-order valence-electron chi connectivity index (χ4n) is 3.23. The number of hydrogen-bond acceptors (Lipinski definition) is 3. The third-order valence-electron chi connectivity index (χ3n) is 4.44. The molecule has 0 radical (unpaired) electrons. The second-order valence-electron chi connectivity index (χ2n) is 6.18. The Bertz CT molecular complexity index is 291. The van der Waals surface area contributed by atoms with E-state index in [0.717, 1.165) is 26.1 Å². The minimum Gasteiger partial charge on any atom is -0.358 e. The maximum atomic E-state index is 6.18. The topological polar surface area (TPSA) is 24.8 Å². The molecule has 2 rings (SSSR count). The van der Waals surface area contributed by atoms with Gasteiger partial charge in [0.05, 0.1) is 0 Å². The standard InChI is InChI=1S/C17H32N2O/c1-2-3-4-5-6-9-15-20-17-12-8-7-11-16-18-13-10-14-19(16)17/h17H,2-15H2,1H3. The van der Waals surface area contributed by atoms with Crippen molar-refractivity contribution in [1.29, 1.82) is 0 Å². The van der Waals surface area contributed by atoms with E-state index in [0.29, 0.717) is 6.23 Å². The van der Waals surface area contributed by atoms with Gasteiger partial charge in [0, 0.05) is 26.1 Å². The number of nitrogens with zero attached hydrogens (tertiary/aromatic N) is 2. The van der Waals surface area contributed by atoms with Crippen LogP contribution < -0.4 is 0 Å². The molecule has 0 amide bonds. The number of ether oxygens (including phenoxy) is 1. The predicted octanol–water partition coefficient (Wildman–Crippen LogP) is 4.37. The number of rotatable bonds is 8. The first kappa shape index (κ1) is 15.8. The highest BCUT2D eigenvalue weighted by atomic mass is 16.5. The summed E-state index contributed by atoms with van der Waals surface area (Å²) in [6.07, 6.45) is 14.5. The molecule has 2 aliphatic heterocycles. The smallest absolute Gasteiger partial charge is 0.130 e. The molecule has 0 aromatic rings. The monoisotopic (exact) mass is 280 g/mol. The molecule has 1 atom stereocenters. The van der Waals surface area contributed by atoms with E-state index in [2.05, 4.69) is 11.8 Å². The van der Waals surface area contributed by atoms with Crippen LogP contribution in [0.5, 0.6) is 0 Å². The largest absolute Gasteiger partial charge is 0.358 e. The highest BCUT2D eigenvalue weighted by Gasteiger charge is 2.26. The first-order valence-electron chi connectivity index (χ1n) is 8.83. The normalized spacial score (nSPS) is 23.1. The van der Waals surface area contributed by atoms with E-state index in [1.54, 1.807) is 0 Å². The van der Waals surface area contributed by atoms with E-state index in [1.165, 1.54) is 70.0 Å². The molecule has 1 unspecified atom stereocenters. The Kier molecular flexibility index (Phi) is 7.42. The summed E-state index contributed by atoms with van der Waals surface area (Å²) in [6, 6.07) is 0. The Morgan fingerprint density at radius 3 is 2.85 bits per heavy atom. The minimum absolute atomic E-state index is 0.312. The van der Waals surface area contributed by atoms with Gasteiger partial charge in [-0.15, -0.1) is 0 Å². The summed E-state index contributed by atoms with van der Waals surface area (Å²) >= 11 is 0. The summed E-state index contributed by atoms with van der Waals surface area (Å²) in [4.78, 5) is 7.15. The van der Waals surface area contributed by atoms with Crippen molar-refractivity contribution in [3.8, 4) is 0 Å². The number of hydrogen-bond donors (Lipinski definition) is 0. The van der Waals surface area contributed by atoms with Crippen LogP contribution in [0.25, 0.3) is 0 Å². The van der Waals surface area contributed by atoms with Gasteiger partial charge in [0.15, 0.2) is 0 Å². The lowest BCUT2D eigenvalue weighted by Gasteiger charge is -2.34. The summed E-state index contributed by atoms with van der Waals surface area (Å²) in [5.74, 6) is 1.32. The van der Waals surface area contributed by atoms with Crippen LogP contribution >= 0.6 is 0 Å². The van der Waals surface area contributed by atoms with Crippen LogP contribution in [0, 0.1) is 0 Å². The Labute approximate surface area is 124 Å². The molecule has 0 spiro atoms. The first-order chi connectivity index (χ1) is 9.92. The molecule has 3 nitrogen and oxygen atoms in total. The number of unbranched alkanes of at least 4 members (excludes halogenated alkanes) is 5. The van der Waals surface area contributed by atoms with Gasteiger partial charge in [-0.05, 0) is 32.1 Å². The van der Waals surface area contributed by atoms with E-state index >= 15 is 0 Å². The molecule has 0 aliphatic carbocycles. The van der Waals surface area contributed by atoms with Crippen LogP contribution in [0.4, 0.5) is 0 Å². The predicted molar refractivity (Wildman–Crippen MR) is 85.2 cm³/mol. The first-order valence-corrected chi connectivity index (χ1v) is 8.83. The average Bonchev–Trinajstić information content (AvgIpc) is 2.69. The van der Waals surface area contributed by atoms with Gasteiger partial charge in [-0.3, -0.25) is 4.99 Å². The molecule has 0 aromatic heterocycles. The van der Waals surface area contributed by atoms with Crippen molar-refractivity contribution in [2.75, 3.05) is 19.7 Å². The van der Waals surface area contributed by atoms with Crippen molar-refractivity contribution < 1.29 is 4.74 Å². The van der Waals surface area contributed by atoms with Gasteiger partial charge in [-0.1, -0.05) is 39.0 Å². The van der Waals surface area contributed by atoms with Crippen molar-refractivity contribution in [1.82, 2.24) is 4.90 Å². The Morgan fingerprint density at radius 2 is 1.95 bits per heavy atom. The van der Waals surface area contributed by atoms with E-state index < -0.39 is 0 Å². The molecule has 2 heterocycles. The zero-order chi connectivity index (χ0) is 14.0. The van der Waals surface area contributed by atoms with E-state index in [9.17, 15) is 0 Å². The van der Waals surface area contributed by atoms with Crippen molar-refractivity contribution in [3.63, 3.8) is 0 Å². The van der Waals surface area contributed by atoms with Crippen LogP contribution in [-0.4, -0.2) is 36.7 Å². The number of fused-ring (bicyclic) bond motifs is 1. The molecule has 0 N–H and O–H groups in total. The highest BCUT2D eigenvalue weighted by molar-refractivity contribution is 5.83. The molecule has 0 bridgehead atoms. The Morgan fingerprint density at radius 1 is 1.10 bits per heavy atom. The minimum atomic E-state index is 0.312. The Balaban J connectivity index is 1.65. The van der Waals surface area contributed by atoms with Crippen molar-refractivity contribution in [2.45, 2.75) is 83.8 Å². The lowest BCUT2D eigenvalue weighted by Crippen LogP contribution is -2.43. The van der Waals surface area contributed by atoms with Crippen LogP contribution in [0.2, 0.25) is 0 Å². The quantitative estimate of drug-likeness (QED) is 0.617. The molecular formula is C17H32N2O. The van der Waals surface area contributed by atoms with Gasteiger partial charge >= 0.3 is 0 Å². The molecule has 0 aromatic carbocycles. The fourth-order valence-corrected chi connectivity index (χ4v) is 3.23. The zero-order valence-corrected chi connectivity index (χ0v) is 13.3. The van der Waals surface area contributed by atoms with Crippen LogP contribution in [-0.2, 0) is 4.74 Å². The highest BCUT2D eigenvalue weighted by Crippen LogP contribution is 2.22. The van der Waals surface area contributed by atoms with Gasteiger partial charge in [0.25, 0.3) is 0 Å². The van der Waals surface area contributed by atoms with Crippen molar-refractivity contribution in [2.24, 2.45) is 4.99 Å². The third-order valence-corrected chi connectivity index (χ3v) is 4.44. The summed E-state index contributed by atoms with van der Waals surface area (Å²) in [6.45, 7) is 5.38. The van der Waals surface area contributed by atoms with Gasteiger partial charge in [0.1, 0.15) is 12.1 Å². The average molecular weight is 280 g/mol. The molecular weight excluding hydrogens is 248 g/mol. The maximum absolute atomic E-state index is 6.18.